The first kappa shape index (κ1) is 67.8. The number of rotatable bonds is 7. The van der Waals surface area contributed by atoms with Crippen molar-refractivity contribution >= 4 is 151 Å². The minimum absolute atomic E-state index is 1.23. The first-order valence-electron chi connectivity index (χ1n) is 40.2. The smallest absolute Gasteiger partial charge is 0.00259 e. The quantitative estimate of drug-likeness (QED) is 0.110. The number of hydrogen-bond donors (Lipinski definition) is 0. The van der Waals surface area contributed by atoms with E-state index in [9.17, 15) is 0 Å². The molecule has 538 valence electrons. The van der Waals surface area contributed by atoms with Crippen LogP contribution in [0.25, 0.3) is 229 Å². The molecule has 0 amide bonds. The molecule has 0 atom stereocenters. The maximum Gasteiger partial charge on any atom is -0.00259 e. The Morgan fingerprint density at radius 3 is 0.552 bits per heavy atom. The first-order chi connectivity index (χ1) is 57.5. The van der Waals surface area contributed by atoms with Gasteiger partial charge in [-0.1, -0.05) is 388 Å². The molecule has 24 rings (SSSR count). The van der Waals surface area contributed by atoms with Gasteiger partial charge in [0.25, 0.3) is 0 Å². The minimum atomic E-state index is 1.23. The number of benzene rings is 24. The molecule has 116 heavy (non-hydrogen) atoms. The summed E-state index contributed by atoms with van der Waals surface area (Å²) in [5.74, 6) is 0. The summed E-state index contributed by atoms with van der Waals surface area (Å²) in [5, 5.41) is 35.7. The summed E-state index contributed by atoms with van der Waals surface area (Å²) < 4.78 is 0. The average Bonchev–Trinajstić information content (AvgIpc) is 0.733. The molecule has 0 saturated heterocycles. The lowest BCUT2D eigenvalue weighted by molar-refractivity contribution is 1.66. The minimum Gasteiger partial charge on any atom is -0.0616 e. The highest BCUT2D eigenvalue weighted by molar-refractivity contribution is 6.27. The number of hydrogen-bond acceptors (Lipinski definition) is 0. The van der Waals surface area contributed by atoms with Crippen LogP contribution in [0.1, 0.15) is 0 Å². The van der Waals surface area contributed by atoms with Gasteiger partial charge >= 0.3 is 0 Å². The van der Waals surface area contributed by atoms with Crippen molar-refractivity contribution in [3.63, 3.8) is 0 Å². The molecule has 0 heteroatoms. The Kier molecular flexibility index (Phi) is 16.7. The summed E-state index contributed by atoms with van der Waals surface area (Å²) >= 11 is 0. The second-order valence-electron chi connectivity index (χ2n) is 30.9. The van der Waals surface area contributed by atoms with Gasteiger partial charge in [0.1, 0.15) is 0 Å². The van der Waals surface area contributed by atoms with E-state index in [0.717, 1.165) is 0 Å². The van der Waals surface area contributed by atoms with Gasteiger partial charge in [0, 0.05) is 0 Å². The molecule has 0 aliphatic heterocycles. The van der Waals surface area contributed by atoms with Crippen LogP contribution in [0.5, 0.6) is 0 Å². The van der Waals surface area contributed by atoms with Crippen LogP contribution >= 0.6 is 0 Å². The largest absolute Gasteiger partial charge is 0.0616 e. The normalized spacial score (nSPS) is 11.6. The molecular weight excluding hydrogens is 1390 g/mol. The molecule has 0 unspecified atom stereocenters. The summed E-state index contributed by atoms with van der Waals surface area (Å²) in [4.78, 5) is 0. The Labute approximate surface area is 673 Å². The van der Waals surface area contributed by atoms with E-state index in [1.165, 1.54) is 229 Å². The monoisotopic (exact) mass is 1470 g/mol. The fourth-order valence-electron chi connectivity index (χ4n) is 18.6. The zero-order valence-electron chi connectivity index (χ0n) is 63.7. The lowest BCUT2D eigenvalue weighted by Gasteiger charge is -2.19. The van der Waals surface area contributed by atoms with Crippen LogP contribution in [0, 0.1) is 0 Å². The van der Waals surface area contributed by atoms with Crippen molar-refractivity contribution in [3.05, 3.63) is 449 Å². The summed E-state index contributed by atoms with van der Waals surface area (Å²) in [7, 11) is 0. The average molecular weight is 1470 g/mol. The third-order valence-corrected chi connectivity index (χ3v) is 24.2. The molecule has 0 bridgehead atoms. The van der Waals surface area contributed by atoms with Gasteiger partial charge in [0.2, 0.25) is 0 Å². The van der Waals surface area contributed by atoms with Crippen LogP contribution in [0.15, 0.2) is 449 Å². The molecule has 0 aliphatic rings. The van der Waals surface area contributed by atoms with E-state index in [1.54, 1.807) is 0 Å². The van der Waals surface area contributed by atoms with E-state index in [2.05, 4.69) is 449 Å². The fraction of sp³-hybridized carbons (Fsp3) is 0. The molecule has 0 N–H and O–H groups in total. The lowest BCUT2D eigenvalue weighted by atomic mass is 9.84. The third-order valence-electron chi connectivity index (χ3n) is 24.2. The molecule has 24 aromatic carbocycles. The summed E-state index contributed by atoms with van der Waals surface area (Å²) in [6.45, 7) is 0. The van der Waals surface area contributed by atoms with Crippen molar-refractivity contribution in [1.29, 1.82) is 0 Å². The van der Waals surface area contributed by atoms with Crippen molar-refractivity contribution in [1.82, 2.24) is 0 Å². The molecule has 0 saturated carbocycles. The van der Waals surface area contributed by atoms with E-state index in [-0.39, 0.29) is 0 Å². The molecular formula is C116H74. The molecule has 0 radical (unpaired) electrons. The van der Waals surface area contributed by atoms with Gasteiger partial charge in [0.15, 0.2) is 0 Å². The predicted octanol–water partition coefficient (Wildman–Crippen LogP) is 32.9. The molecule has 0 nitrogen and oxygen atoms in total. The maximum atomic E-state index is 2.42. The van der Waals surface area contributed by atoms with Crippen LogP contribution in [-0.2, 0) is 0 Å². The summed E-state index contributed by atoms with van der Waals surface area (Å²) in [6.07, 6.45) is 0. The molecule has 0 spiro atoms. The van der Waals surface area contributed by atoms with Crippen LogP contribution in [0.3, 0.4) is 0 Å². The highest BCUT2D eigenvalue weighted by Crippen LogP contribution is 2.49. The van der Waals surface area contributed by atoms with Gasteiger partial charge in [0.05, 0.1) is 0 Å². The van der Waals surface area contributed by atoms with Gasteiger partial charge in [-0.25, -0.2) is 0 Å². The first-order valence-corrected chi connectivity index (χ1v) is 40.2. The van der Waals surface area contributed by atoms with Crippen molar-refractivity contribution in [3.8, 4) is 77.9 Å². The van der Waals surface area contributed by atoms with Crippen LogP contribution in [0.2, 0.25) is 0 Å². The van der Waals surface area contributed by atoms with Gasteiger partial charge in [-0.05, 0) is 289 Å². The van der Waals surface area contributed by atoms with E-state index in [1.807, 2.05) is 0 Å². The zero-order valence-corrected chi connectivity index (χ0v) is 63.7. The lowest BCUT2D eigenvalue weighted by Crippen LogP contribution is -1.92. The van der Waals surface area contributed by atoms with Crippen molar-refractivity contribution in [2.24, 2.45) is 0 Å². The van der Waals surface area contributed by atoms with Crippen molar-refractivity contribution in [2.45, 2.75) is 0 Å². The Morgan fingerprint density at radius 1 is 0.0862 bits per heavy atom. The second kappa shape index (κ2) is 28.6. The fourth-order valence-corrected chi connectivity index (χ4v) is 18.6. The van der Waals surface area contributed by atoms with Gasteiger partial charge in [-0.3, -0.25) is 0 Å². The Morgan fingerprint density at radius 2 is 0.267 bits per heavy atom. The van der Waals surface area contributed by atoms with Gasteiger partial charge in [-0.2, -0.15) is 0 Å². The maximum absolute atomic E-state index is 2.42. The van der Waals surface area contributed by atoms with Crippen LogP contribution in [0.4, 0.5) is 0 Å². The van der Waals surface area contributed by atoms with Gasteiger partial charge < -0.3 is 0 Å². The topological polar surface area (TPSA) is 0 Å². The van der Waals surface area contributed by atoms with Crippen molar-refractivity contribution < 1.29 is 0 Å². The highest BCUT2D eigenvalue weighted by Gasteiger charge is 2.22. The highest BCUT2D eigenvalue weighted by atomic mass is 14.3. The summed E-state index contributed by atoms with van der Waals surface area (Å²) in [5.41, 5.74) is 17.7. The molecule has 0 aliphatic carbocycles. The van der Waals surface area contributed by atoms with E-state index >= 15 is 0 Å². The molecule has 0 aromatic heterocycles. The molecule has 24 aromatic rings. The van der Waals surface area contributed by atoms with E-state index in [4.69, 9.17) is 0 Å². The number of fused-ring (bicyclic) bond motifs is 16. The van der Waals surface area contributed by atoms with Crippen molar-refractivity contribution in [2.75, 3.05) is 0 Å². The van der Waals surface area contributed by atoms with Crippen LogP contribution < -0.4 is 0 Å². The SMILES string of the molecule is c1ccc2cc(-c3c4ccccc4c(-c4ccc5ccccc5c4)c4ccccc34)ccc2c1.c1ccc2cc(-c3cc4c5ccccc5c(-c5ccc6ccccc6c5)cc4c4ccccc34)ccc2c1.c1ccc2cc(-c3ccc4c(-c5ccc6ccccc6c5)c5ccccc5c(-c5ccc6ccccc6c5)c4c3)ccc2c1. The molecule has 0 fully saturated rings. The second-order valence-corrected chi connectivity index (χ2v) is 30.9. The predicted molar refractivity (Wildman–Crippen MR) is 502 cm³/mol. The van der Waals surface area contributed by atoms with E-state index < -0.39 is 0 Å². The Bertz CT molecular complexity index is 7740. The summed E-state index contributed by atoms with van der Waals surface area (Å²) in [6, 6.07) is 165. The standard InChI is InChI=1S/C44H28.C38H24.C34H22/c1-4-12-32-25-35(20-17-29(32)9-1)36-23-24-41-42(28-36)44(38-22-19-31-11-3-6-14-34(31)27-38)40-16-8-7-15-39(40)43(41)37-21-18-30-10-2-5-13-33(30)26-37;1-3-11-27-21-29(19-17-25(27)9-1)35-23-37-34-16-8-6-14-32(34)36(24-38(37)33-15-7-5-13-31(33)35)30-20-18-26-10-2-4-12-28(26)22-30;1-3-11-25-21-27(19-17-23(25)9-1)33-29-13-5-7-15-31(29)34(32-16-8-6-14-30(32)33)28-20-18-24-10-2-4-12-26(24)22-28/h1-28H;1-24H;1-22H. The molecule has 0 heterocycles. The zero-order chi connectivity index (χ0) is 76.6. The Hall–Kier alpha value is -15.1. The third kappa shape index (κ3) is 12.0. The van der Waals surface area contributed by atoms with Gasteiger partial charge in [-0.15, -0.1) is 0 Å². The van der Waals surface area contributed by atoms with Crippen LogP contribution in [-0.4, -0.2) is 0 Å². The van der Waals surface area contributed by atoms with E-state index in [0.29, 0.717) is 0 Å². The Balaban J connectivity index is 0.000000106.